The number of hydrogen-bond donors (Lipinski definition) is 1. The molecule has 8 nitrogen and oxygen atoms in total. The van der Waals surface area contributed by atoms with Crippen LogP contribution in [0.2, 0.25) is 0 Å². The number of aryl methyl sites for hydroxylation is 2. The fourth-order valence-corrected chi connectivity index (χ4v) is 3.61. The van der Waals surface area contributed by atoms with E-state index in [0.29, 0.717) is 6.42 Å². The molecule has 1 aliphatic heterocycles. The highest BCUT2D eigenvalue weighted by Crippen LogP contribution is 2.48. The van der Waals surface area contributed by atoms with Crippen LogP contribution in [0, 0.1) is 6.92 Å². The number of Topliss-reactive ketones (excluding diaryl/α,β-unsaturated/α-hetero) is 1. The minimum atomic E-state index is -1.23. The van der Waals surface area contributed by atoms with Gasteiger partial charge in [-0.25, -0.2) is 4.79 Å². The lowest BCUT2D eigenvalue weighted by Gasteiger charge is -2.25. The van der Waals surface area contributed by atoms with Gasteiger partial charge in [-0.1, -0.05) is 29.8 Å². The van der Waals surface area contributed by atoms with E-state index in [0.717, 1.165) is 16.0 Å². The van der Waals surface area contributed by atoms with Gasteiger partial charge in [-0.3, -0.25) is 14.5 Å². The molecule has 0 saturated heterocycles. The van der Waals surface area contributed by atoms with Crippen molar-refractivity contribution >= 4 is 23.3 Å². The van der Waals surface area contributed by atoms with Crippen molar-refractivity contribution in [2.75, 3.05) is 26.2 Å². The number of carbonyl (C=O) groups is 3. The zero-order valence-corrected chi connectivity index (χ0v) is 17.2. The second-order valence-electron chi connectivity index (χ2n) is 6.92. The number of aliphatic carboxylic acids is 1. The van der Waals surface area contributed by atoms with Crippen molar-refractivity contribution in [2.24, 2.45) is 0 Å². The van der Waals surface area contributed by atoms with Crippen LogP contribution in [0.3, 0.4) is 0 Å². The molecule has 0 bridgehead atoms. The molecule has 1 heterocycles. The minimum Gasteiger partial charge on any atom is -0.493 e. The zero-order valence-electron chi connectivity index (χ0n) is 17.2. The fourth-order valence-electron chi connectivity index (χ4n) is 3.61. The van der Waals surface area contributed by atoms with Crippen LogP contribution in [-0.4, -0.2) is 50.1 Å². The van der Waals surface area contributed by atoms with Gasteiger partial charge in [0.15, 0.2) is 11.5 Å². The van der Waals surface area contributed by atoms with Crippen LogP contribution in [0.15, 0.2) is 30.3 Å². The first-order chi connectivity index (χ1) is 14.3. The summed E-state index contributed by atoms with van der Waals surface area (Å²) in [6, 6.07) is 7.90. The van der Waals surface area contributed by atoms with Gasteiger partial charge in [-0.15, -0.1) is 0 Å². The van der Waals surface area contributed by atoms with Gasteiger partial charge < -0.3 is 19.3 Å². The molecular formula is C22H23NO7. The Morgan fingerprint density at radius 1 is 1.03 bits per heavy atom. The van der Waals surface area contributed by atoms with Crippen LogP contribution >= 0.6 is 0 Å². The maximum Gasteiger partial charge on any atom is 0.326 e. The summed E-state index contributed by atoms with van der Waals surface area (Å²) in [4.78, 5) is 38.6. The number of methoxy groups -OCH3 is 3. The molecular weight excluding hydrogens is 390 g/mol. The summed E-state index contributed by atoms with van der Waals surface area (Å²) in [5, 5.41) is 9.85. The quantitative estimate of drug-likeness (QED) is 0.664. The molecule has 1 amide bonds. The van der Waals surface area contributed by atoms with E-state index in [1.54, 1.807) is 0 Å². The largest absolute Gasteiger partial charge is 0.493 e. The molecule has 0 radical (unpaired) electrons. The maximum absolute atomic E-state index is 12.8. The monoisotopic (exact) mass is 413 g/mol. The molecule has 0 spiro atoms. The molecule has 2 aromatic carbocycles. The summed E-state index contributed by atoms with van der Waals surface area (Å²) in [6.45, 7) is 1.96. The molecule has 2 aromatic rings. The summed E-state index contributed by atoms with van der Waals surface area (Å²) in [7, 11) is 4.12. The Morgan fingerprint density at radius 3 is 2.20 bits per heavy atom. The molecule has 0 aromatic heterocycles. The number of ether oxygens (including phenoxy) is 3. The first kappa shape index (κ1) is 21.2. The van der Waals surface area contributed by atoms with Crippen molar-refractivity contribution in [1.29, 1.82) is 0 Å². The van der Waals surface area contributed by atoms with Gasteiger partial charge in [0.05, 0.1) is 32.6 Å². The average molecular weight is 413 g/mol. The molecule has 3 rings (SSSR count). The highest BCUT2D eigenvalue weighted by molar-refractivity contribution is 6.53. The highest BCUT2D eigenvalue weighted by Gasteiger charge is 2.46. The van der Waals surface area contributed by atoms with Crippen LogP contribution < -0.4 is 19.1 Å². The SMILES string of the molecule is COc1cc2c(c(OC)c1OC)C(=O)C(=O)N2C(CCc1ccc(C)cc1)C(=O)O. The van der Waals surface area contributed by atoms with E-state index in [1.165, 1.54) is 27.4 Å². The molecule has 1 aliphatic rings. The van der Waals surface area contributed by atoms with E-state index in [2.05, 4.69) is 0 Å². The van der Waals surface area contributed by atoms with Crippen LogP contribution in [0.25, 0.3) is 0 Å². The number of carboxylic acids is 1. The third-order valence-electron chi connectivity index (χ3n) is 5.13. The Morgan fingerprint density at radius 2 is 1.67 bits per heavy atom. The third kappa shape index (κ3) is 3.56. The number of carbonyl (C=O) groups excluding carboxylic acids is 2. The Hall–Kier alpha value is -3.55. The van der Waals surface area contributed by atoms with Gasteiger partial charge >= 0.3 is 5.97 Å². The van der Waals surface area contributed by atoms with Crippen LogP contribution in [-0.2, 0) is 16.0 Å². The van der Waals surface area contributed by atoms with E-state index in [-0.39, 0.29) is 34.9 Å². The van der Waals surface area contributed by atoms with Gasteiger partial charge in [0, 0.05) is 6.07 Å². The summed E-state index contributed by atoms with van der Waals surface area (Å²) < 4.78 is 15.9. The lowest BCUT2D eigenvalue weighted by molar-refractivity contribution is -0.139. The van der Waals surface area contributed by atoms with Crippen molar-refractivity contribution in [3.05, 3.63) is 47.0 Å². The maximum atomic E-state index is 12.8. The highest BCUT2D eigenvalue weighted by atomic mass is 16.5. The topological polar surface area (TPSA) is 102 Å². The smallest absolute Gasteiger partial charge is 0.326 e. The summed E-state index contributed by atoms with van der Waals surface area (Å²) in [6.07, 6.45) is 0.558. The number of amides is 1. The van der Waals surface area contributed by atoms with Gasteiger partial charge in [-0.2, -0.15) is 0 Å². The van der Waals surface area contributed by atoms with E-state index < -0.39 is 23.7 Å². The Balaban J connectivity index is 2.04. The summed E-state index contributed by atoms with van der Waals surface area (Å²) in [5.41, 5.74) is 2.14. The van der Waals surface area contributed by atoms with Crippen molar-refractivity contribution < 1.29 is 33.7 Å². The zero-order chi connectivity index (χ0) is 22.0. The van der Waals surface area contributed by atoms with E-state index in [9.17, 15) is 19.5 Å². The predicted octanol–water partition coefficient (Wildman–Crippen LogP) is 2.64. The molecule has 0 fully saturated rings. The standard InChI is InChI=1S/C22H23NO7/c1-12-5-7-13(8-6-12)9-10-14(22(26)27)23-15-11-16(28-2)19(29-3)20(30-4)17(15)18(24)21(23)25/h5-8,11,14H,9-10H2,1-4H3,(H,26,27). The van der Waals surface area contributed by atoms with Gasteiger partial charge in [0.25, 0.3) is 11.7 Å². The molecule has 158 valence electrons. The van der Waals surface area contributed by atoms with Crippen molar-refractivity contribution in [3.63, 3.8) is 0 Å². The number of rotatable bonds is 8. The molecule has 1 atom stereocenters. The Labute approximate surface area is 174 Å². The van der Waals surface area contributed by atoms with Gasteiger partial charge in [-0.05, 0) is 25.3 Å². The molecule has 1 N–H and O–H groups in total. The number of ketones is 1. The Kier molecular flexibility index (Phi) is 5.96. The molecule has 1 unspecified atom stereocenters. The fraction of sp³-hybridized carbons (Fsp3) is 0.318. The lowest BCUT2D eigenvalue weighted by atomic mass is 10.0. The normalized spacial score (nSPS) is 13.8. The number of nitrogens with zero attached hydrogens (tertiary/aromatic N) is 1. The molecule has 8 heteroatoms. The van der Waals surface area contributed by atoms with E-state index in [1.807, 2.05) is 31.2 Å². The predicted molar refractivity (Wildman–Crippen MR) is 109 cm³/mol. The summed E-state index contributed by atoms with van der Waals surface area (Å²) in [5.74, 6) is -2.55. The number of fused-ring (bicyclic) bond motifs is 1. The van der Waals surface area contributed by atoms with Gasteiger partial charge in [0.2, 0.25) is 5.75 Å². The third-order valence-corrected chi connectivity index (χ3v) is 5.13. The van der Waals surface area contributed by atoms with E-state index in [4.69, 9.17) is 14.2 Å². The van der Waals surface area contributed by atoms with E-state index >= 15 is 0 Å². The molecule has 0 aliphatic carbocycles. The lowest BCUT2D eigenvalue weighted by Crippen LogP contribution is -2.44. The van der Waals surface area contributed by atoms with Gasteiger partial charge in [0.1, 0.15) is 6.04 Å². The number of benzene rings is 2. The number of anilines is 1. The first-order valence-electron chi connectivity index (χ1n) is 9.33. The van der Waals surface area contributed by atoms with Crippen LogP contribution in [0.5, 0.6) is 17.2 Å². The van der Waals surface area contributed by atoms with Crippen molar-refractivity contribution in [3.8, 4) is 17.2 Å². The van der Waals surface area contributed by atoms with Crippen LogP contribution in [0.4, 0.5) is 5.69 Å². The van der Waals surface area contributed by atoms with Crippen LogP contribution in [0.1, 0.15) is 27.9 Å². The number of hydrogen-bond acceptors (Lipinski definition) is 6. The second-order valence-corrected chi connectivity index (χ2v) is 6.92. The Bertz CT molecular complexity index is 998. The van der Waals surface area contributed by atoms with Crippen molar-refractivity contribution in [2.45, 2.75) is 25.8 Å². The molecule has 0 saturated carbocycles. The minimum absolute atomic E-state index is 0.0262. The second kappa shape index (κ2) is 8.44. The summed E-state index contributed by atoms with van der Waals surface area (Å²) >= 11 is 0. The molecule has 30 heavy (non-hydrogen) atoms. The van der Waals surface area contributed by atoms with Crippen molar-refractivity contribution in [1.82, 2.24) is 0 Å². The first-order valence-corrected chi connectivity index (χ1v) is 9.33. The average Bonchev–Trinajstić information content (AvgIpc) is 2.98. The number of carboxylic acid groups (broad SMARTS) is 1.